The fraction of sp³-hybridized carbons (Fsp3) is 0.118. The van der Waals surface area contributed by atoms with Crippen molar-refractivity contribution in [3.63, 3.8) is 0 Å². The van der Waals surface area contributed by atoms with Crippen molar-refractivity contribution in [2.24, 2.45) is 5.73 Å². The fourth-order valence-corrected chi connectivity index (χ4v) is 2.35. The van der Waals surface area contributed by atoms with Crippen LogP contribution in [0.3, 0.4) is 0 Å². The number of nitrogens with one attached hydrogen (secondary N) is 3. The number of pyridine rings is 1. The summed E-state index contributed by atoms with van der Waals surface area (Å²) in [6.07, 6.45) is 1.24. The van der Waals surface area contributed by atoms with Gasteiger partial charge in [0.15, 0.2) is 5.65 Å². The molecule has 9 nitrogen and oxygen atoms in total. The maximum atomic E-state index is 12.0. The van der Waals surface area contributed by atoms with Crippen LogP contribution in [0.25, 0.3) is 22.6 Å². The Hall–Kier alpha value is -3.75. The number of fused-ring (bicyclic) bond motifs is 1. The second kappa shape index (κ2) is 7.01. The zero-order valence-corrected chi connectivity index (χ0v) is 13.6. The molecule has 0 aliphatic carbocycles. The van der Waals surface area contributed by atoms with Gasteiger partial charge in [0.1, 0.15) is 11.7 Å². The van der Waals surface area contributed by atoms with Gasteiger partial charge in [-0.1, -0.05) is 24.3 Å². The SMILES string of the molecule is N=C(N)c1ccc(-c2nc3ncc(C(=O)NCCC(=O)O)cc3[nH]2)cc1. The van der Waals surface area contributed by atoms with Crippen molar-refractivity contribution in [3.8, 4) is 11.4 Å². The molecule has 0 bridgehead atoms. The van der Waals surface area contributed by atoms with Crippen LogP contribution in [0.5, 0.6) is 0 Å². The first-order valence-corrected chi connectivity index (χ1v) is 7.74. The second-order valence-electron chi connectivity index (χ2n) is 5.57. The Kier molecular flexibility index (Phi) is 4.61. The van der Waals surface area contributed by atoms with E-state index in [0.29, 0.717) is 28.1 Å². The molecule has 3 aromatic rings. The van der Waals surface area contributed by atoms with E-state index in [1.54, 1.807) is 30.3 Å². The molecular formula is C17H16N6O3. The average Bonchev–Trinajstić information content (AvgIpc) is 3.04. The largest absolute Gasteiger partial charge is 0.481 e. The number of nitrogens with two attached hydrogens (primary N) is 1. The highest BCUT2D eigenvalue weighted by Gasteiger charge is 2.11. The summed E-state index contributed by atoms with van der Waals surface area (Å²) in [4.78, 5) is 34.2. The number of amides is 1. The number of nitrogen functional groups attached to an aromatic ring is 1. The van der Waals surface area contributed by atoms with Gasteiger partial charge in [-0.15, -0.1) is 0 Å². The van der Waals surface area contributed by atoms with Gasteiger partial charge in [-0.2, -0.15) is 0 Å². The molecule has 1 amide bonds. The highest BCUT2D eigenvalue weighted by Crippen LogP contribution is 2.20. The smallest absolute Gasteiger partial charge is 0.305 e. The monoisotopic (exact) mass is 352 g/mol. The van der Waals surface area contributed by atoms with E-state index >= 15 is 0 Å². The highest BCUT2D eigenvalue weighted by atomic mass is 16.4. The molecule has 0 saturated heterocycles. The van der Waals surface area contributed by atoms with E-state index in [0.717, 1.165) is 5.56 Å². The zero-order valence-electron chi connectivity index (χ0n) is 13.6. The van der Waals surface area contributed by atoms with Crippen LogP contribution in [-0.4, -0.2) is 44.3 Å². The van der Waals surface area contributed by atoms with Crippen LogP contribution in [0, 0.1) is 5.41 Å². The van der Waals surface area contributed by atoms with Gasteiger partial charge in [-0.3, -0.25) is 15.0 Å². The molecule has 0 fully saturated rings. The summed E-state index contributed by atoms with van der Waals surface area (Å²) in [6.45, 7) is 0.0446. The van der Waals surface area contributed by atoms with Crippen LogP contribution < -0.4 is 11.1 Å². The van der Waals surface area contributed by atoms with Gasteiger partial charge in [0.05, 0.1) is 17.5 Å². The van der Waals surface area contributed by atoms with E-state index in [2.05, 4.69) is 20.3 Å². The molecule has 0 saturated carbocycles. The van der Waals surface area contributed by atoms with Crippen LogP contribution in [0.2, 0.25) is 0 Å². The van der Waals surface area contributed by atoms with Crippen molar-refractivity contribution in [2.45, 2.75) is 6.42 Å². The number of nitrogens with zero attached hydrogens (tertiary/aromatic N) is 2. The lowest BCUT2D eigenvalue weighted by atomic mass is 10.1. The molecule has 132 valence electrons. The fourth-order valence-electron chi connectivity index (χ4n) is 2.35. The van der Waals surface area contributed by atoms with Crippen molar-refractivity contribution < 1.29 is 14.7 Å². The maximum Gasteiger partial charge on any atom is 0.305 e. The molecule has 0 radical (unpaired) electrons. The van der Waals surface area contributed by atoms with Crippen molar-refractivity contribution >= 4 is 28.9 Å². The number of carbonyl (C=O) groups excluding carboxylic acids is 1. The van der Waals surface area contributed by atoms with Crippen LogP contribution in [-0.2, 0) is 4.79 Å². The van der Waals surface area contributed by atoms with Crippen LogP contribution in [0.1, 0.15) is 22.3 Å². The highest BCUT2D eigenvalue weighted by molar-refractivity contribution is 5.97. The molecule has 0 atom stereocenters. The minimum atomic E-state index is -0.979. The van der Waals surface area contributed by atoms with Crippen LogP contribution >= 0.6 is 0 Å². The third-order valence-electron chi connectivity index (χ3n) is 3.69. The van der Waals surface area contributed by atoms with Gasteiger partial charge in [-0.05, 0) is 6.07 Å². The first kappa shape index (κ1) is 17.1. The number of imidazole rings is 1. The molecule has 0 spiro atoms. The molecule has 0 aliphatic heterocycles. The van der Waals surface area contributed by atoms with E-state index < -0.39 is 11.9 Å². The molecule has 9 heteroatoms. The lowest BCUT2D eigenvalue weighted by Gasteiger charge is -2.02. The van der Waals surface area contributed by atoms with E-state index in [4.69, 9.17) is 16.2 Å². The van der Waals surface area contributed by atoms with E-state index in [1.165, 1.54) is 6.20 Å². The number of carboxylic acid groups (broad SMARTS) is 1. The van der Waals surface area contributed by atoms with Gasteiger partial charge in [-0.25, -0.2) is 9.97 Å². The number of amidine groups is 1. The predicted octanol–water partition coefficient (Wildman–Crippen LogP) is 1.11. The number of H-pyrrole nitrogens is 1. The Labute approximate surface area is 147 Å². The number of carboxylic acids is 1. The van der Waals surface area contributed by atoms with Crippen molar-refractivity contribution in [3.05, 3.63) is 47.7 Å². The quantitative estimate of drug-likeness (QED) is 0.330. The number of rotatable bonds is 6. The normalized spacial score (nSPS) is 10.6. The van der Waals surface area contributed by atoms with Crippen LogP contribution in [0.4, 0.5) is 0 Å². The topological polar surface area (TPSA) is 158 Å². The summed E-state index contributed by atoms with van der Waals surface area (Å²) in [5, 5.41) is 18.5. The van der Waals surface area contributed by atoms with E-state index in [9.17, 15) is 9.59 Å². The summed E-state index contributed by atoms with van der Waals surface area (Å²) < 4.78 is 0. The molecule has 0 aliphatic rings. The minimum Gasteiger partial charge on any atom is -0.481 e. The Balaban J connectivity index is 1.81. The van der Waals surface area contributed by atoms with Gasteiger partial charge < -0.3 is 21.1 Å². The number of hydrogen-bond donors (Lipinski definition) is 5. The molecular weight excluding hydrogens is 336 g/mol. The van der Waals surface area contributed by atoms with E-state index in [-0.39, 0.29) is 18.8 Å². The van der Waals surface area contributed by atoms with Crippen LogP contribution in [0.15, 0.2) is 36.5 Å². The van der Waals surface area contributed by atoms with Crippen molar-refractivity contribution in [1.82, 2.24) is 20.3 Å². The number of hydrogen-bond acceptors (Lipinski definition) is 5. The average molecular weight is 352 g/mol. The molecule has 26 heavy (non-hydrogen) atoms. The molecule has 3 rings (SSSR count). The van der Waals surface area contributed by atoms with Crippen molar-refractivity contribution in [2.75, 3.05) is 6.54 Å². The first-order chi connectivity index (χ1) is 12.4. The number of aromatic amines is 1. The predicted molar refractivity (Wildman–Crippen MR) is 94.9 cm³/mol. The Morgan fingerprint density at radius 2 is 1.96 bits per heavy atom. The number of benzene rings is 1. The summed E-state index contributed by atoms with van der Waals surface area (Å²) in [5.74, 6) is -0.817. The number of carbonyl (C=O) groups is 2. The lowest BCUT2D eigenvalue weighted by molar-refractivity contribution is -0.136. The summed E-state index contributed by atoms with van der Waals surface area (Å²) >= 11 is 0. The third kappa shape index (κ3) is 3.66. The standard InChI is InChI=1S/C17H16N6O3/c18-14(19)9-1-3-10(4-2-9)15-22-12-7-11(8-21-16(12)23-15)17(26)20-6-5-13(24)25/h1-4,7-8H,5-6H2,(H3,18,19)(H,20,26)(H,24,25)(H,21,22,23). The van der Waals surface area contributed by atoms with Gasteiger partial charge in [0.2, 0.25) is 0 Å². The molecule has 2 aromatic heterocycles. The Morgan fingerprint density at radius 1 is 1.23 bits per heavy atom. The van der Waals surface area contributed by atoms with Crippen molar-refractivity contribution in [1.29, 1.82) is 5.41 Å². The zero-order chi connectivity index (χ0) is 18.7. The van der Waals surface area contributed by atoms with Gasteiger partial charge in [0.25, 0.3) is 5.91 Å². The molecule has 1 aromatic carbocycles. The molecule has 2 heterocycles. The first-order valence-electron chi connectivity index (χ1n) is 7.74. The summed E-state index contributed by atoms with van der Waals surface area (Å²) in [5.41, 5.74) is 8.20. The second-order valence-corrected chi connectivity index (χ2v) is 5.57. The lowest BCUT2D eigenvalue weighted by Crippen LogP contribution is -2.26. The Bertz CT molecular complexity index is 993. The van der Waals surface area contributed by atoms with Gasteiger partial charge in [0, 0.05) is 23.9 Å². The van der Waals surface area contributed by atoms with Gasteiger partial charge >= 0.3 is 5.97 Å². The van der Waals surface area contributed by atoms with E-state index in [1.807, 2.05) is 0 Å². The maximum absolute atomic E-state index is 12.0. The Morgan fingerprint density at radius 3 is 2.62 bits per heavy atom. The molecule has 6 N–H and O–H groups in total. The number of aliphatic carboxylic acids is 1. The molecule has 0 unspecified atom stereocenters. The third-order valence-corrected chi connectivity index (χ3v) is 3.69. The summed E-state index contributed by atoms with van der Waals surface area (Å²) in [6, 6.07) is 8.63. The number of aromatic nitrogens is 3. The minimum absolute atomic E-state index is 0.0126. The summed E-state index contributed by atoms with van der Waals surface area (Å²) in [7, 11) is 0.